The van der Waals surface area contributed by atoms with Crippen LogP contribution in [0.4, 0.5) is 21.0 Å². The zero-order valence-electron chi connectivity index (χ0n) is 34.1. The average molecular weight is 795 g/mol. The van der Waals surface area contributed by atoms with E-state index in [-0.39, 0.29) is 30.5 Å². The first-order valence-electron chi connectivity index (χ1n) is 20.7. The van der Waals surface area contributed by atoms with Crippen molar-refractivity contribution in [1.82, 2.24) is 29.7 Å². The molecule has 58 heavy (non-hydrogen) atoms. The predicted octanol–water partition coefficient (Wildman–Crippen LogP) is 8.82. The molecule has 0 radical (unpaired) electrons. The molecule has 2 saturated heterocycles. The van der Waals surface area contributed by atoms with Gasteiger partial charge in [-0.05, 0) is 94.5 Å². The number of hydrogen-bond donors (Lipinski definition) is 2. The first-order valence-corrected chi connectivity index (χ1v) is 20.7. The molecule has 308 valence electrons. The number of carbonyl (C=O) groups excluding carboxylic acids is 1. The Morgan fingerprint density at radius 2 is 1.71 bits per heavy atom. The molecule has 3 aliphatic rings. The number of nitrogens with one attached hydrogen (secondary N) is 2. The molecular weight excluding hydrogens is 740 g/mol. The van der Waals surface area contributed by atoms with E-state index < -0.39 is 11.8 Å². The molecule has 14 heteroatoms. The molecule has 2 amide bonds. The summed E-state index contributed by atoms with van der Waals surface area (Å²) in [7, 11) is 0. The van der Waals surface area contributed by atoms with Gasteiger partial charge in [0, 0.05) is 42.3 Å². The van der Waals surface area contributed by atoms with E-state index >= 15 is 4.39 Å². The molecule has 5 aromatic rings. The van der Waals surface area contributed by atoms with E-state index in [2.05, 4.69) is 45.6 Å². The summed E-state index contributed by atoms with van der Waals surface area (Å²) < 4.78 is 42.6. The van der Waals surface area contributed by atoms with Crippen LogP contribution in [0.5, 0.6) is 11.5 Å². The largest absolute Gasteiger partial charge is 0.491 e. The van der Waals surface area contributed by atoms with Gasteiger partial charge in [-0.3, -0.25) is 9.72 Å². The van der Waals surface area contributed by atoms with Gasteiger partial charge in [0.2, 0.25) is 5.95 Å². The number of aromatic nitrogens is 5. The maximum atomic E-state index is 15.1. The Balaban J connectivity index is 0.962. The monoisotopic (exact) mass is 794 g/mol. The van der Waals surface area contributed by atoms with Gasteiger partial charge < -0.3 is 29.2 Å². The lowest BCUT2D eigenvalue weighted by molar-refractivity contribution is -0.165. The number of nitrogens with zero attached hydrogens (tertiary/aromatic N) is 6. The summed E-state index contributed by atoms with van der Waals surface area (Å²) in [6.07, 6.45) is 9.32. The Kier molecular flexibility index (Phi) is 11.6. The van der Waals surface area contributed by atoms with Crippen LogP contribution >= 0.6 is 0 Å². The number of halogens is 1. The van der Waals surface area contributed by atoms with Crippen molar-refractivity contribution in [2.75, 3.05) is 30.0 Å². The number of benzene rings is 2. The molecular formula is C44H55FN8O5. The Labute approximate surface area is 339 Å². The van der Waals surface area contributed by atoms with Crippen molar-refractivity contribution in [1.29, 1.82) is 0 Å². The second-order valence-corrected chi connectivity index (χ2v) is 16.8. The molecule has 5 atom stereocenters. The first-order chi connectivity index (χ1) is 28.0. The van der Waals surface area contributed by atoms with Crippen LogP contribution in [-0.4, -0.2) is 68.6 Å². The smallest absolute Gasteiger partial charge is 0.320 e. The molecule has 8 rings (SSSR count). The average Bonchev–Trinajstić information content (AvgIpc) is 3.82. The summed E-state index contributed by atoms with van der Waals surface area (Å²) in [5.74, 6) is 1.81. The van der Waals surface area contributed by atoms with E-state index in [0.717, 1.165) is 66.3 Å². The van der Waals surface area contributed by atoms with Crippen molar-refractivity contribution < 1.29 is 28.1 Å². The van der Waals surface area contributed by atoms with Crippen molar-refractivity contribution in [2.45, 2.75) is 122 Å². The first kappa shape index (κ1) is 39.6. The van der Waals surface area contributed by atoms with Crippen LogP contribution in [0.15, 0.2) is 66.9 Å². The van der Waals surface area contributed by atoms with E-state index in [4.69, 9.17) is 24.0 Å². The van der Waals surface area contributed by atoms with Gasteiger partial charge in [0.25, 0.3) is 0 Å². The van der Waals surface area contributed by atoms with Crippen LogP contribution in [0, 0.1) is 5.82 Å². The number of ether oxygens (including phenoxy) is 4. The van der Waals surface area contributed by atoms with Gasteiger partial charge in [0.15, 0.2) is 11.9 Å². The summed E-state index contributed by atoms with van der Waals surface area (Å²) in [6.45, 7) is 11.9. The molecule has 2 aliphatic heterocycles. The van der Waals surface area contributed by atoms with Crippen LogP contribution in [0.1, 0.15) is 115 Å². The van der Waals surface area contributed by atoms with Gasteiger partial charge >= 0.3 is 6.03 Å². The minimum absolute atomic E-state index is 0.213. The third-order valence-corrected chi connectivity index (χ3v) is 11.4. The van der Waals surface area contributed by atoms with E-state index in [1.165, 1.54) is 18.6 Å². The standard InChI is InChI=1S/C44H55FN8O5/c1-28-11-10-12-29(2)52(28)43-49-48-39-19-16-32(27-51(39)43)58-37-18-17-36(34-13-6-7-14-35(34)37)46-42(54)47-40-26-38(44(3,4)5)50-53(40)31-23-30(45)24-33(25-31)55-21-22-57-41-15-8-9-20-56-41/h6-7,13-14,16,19,23-29,36-37,41H,8-12,15,17-18,20-22H2,1-5H3,(H2,46,47,54)/t28?,29?,36-,37+,41?/m0/s1. The highest BCUT2D eigenvalue weighted by Crippen LogP contribution is 2.39. The van der Waals surface area contributed by atoms with Gasteiger partial charge in [0.05, 0.1) is 30.2 Å². The quantitative estimate of drug-likeness (QED) is 0.126. The van der Waals surface area contributed by atoms with Gasteiger partial charge in [-0.1, -0.05) is 45.0 Å². The SMILES string of the molecule is CC1CCCC(C)N1c1nnc2ccc(O[C@@H]3CC[C@H](NC(=O)Nc4cc(C(C)(C)C)nn4-c4cc(F)cc(OCCOC5CCCCO5)c4)c4ccccc43)cn12. The third kappa shape index (κ3) is 8.77. The maximum Gasteiger partial charge on any atom is 0.320 e. The van der Waals surface area contributed by atoms with Crippen LogP contribution in [-0.2, 0) is 14.9 Å². The van der Waals surface area contributed by atoms with E-state index in [0.29, 0.717) is 55.4 Å². The van der Waals surface area contributed by atoms with Crippen molar-refractivity contribution in [3.8, 4) is 17.2 Å². The second kappa shape index (κ2) is 16.9. The van der Waals surface area contributed by atoms with Gasteiger partial charge in [-0.15, -0.1) is 10.2 Å². The number of fused-ring (bicyclic) bond motifs is 2. The molecule has 3 aromatic heterocycles. The number of anilines is 2. The van der Waals surface area contributed by atoms with Crippen LogP contribution in [0.2, 0.25) is 0 Å². The summed E-state index contributed by atoms with van der Waals surface area (Å²) in [5.41, 5.74) is 3.59. The Morgan fingerprint density at radius 1 is 0.897 bits per heavy atom. The predicted molar refractivity (Wildman–Crippen MR) is 219 cm³/mol. The fraction of sp³-hybridized carbons (Fsp3) is 0.500. The number of pyridine rings is 1. The highest BCUT2D eigenvalue weighted by Gasteiger charge is 2.32. The van der Waals surface area contributed by atoms with E-state index in [1.54, 1.807) is 10.7 Å². The molecule has 0 bridgehead atoms. The summed E-state index contributed by atoms with van der Waals surface area (Å²) in [6, 6.07) is 18.3. The molecule has 0 saturated carbocycles. The fourth-order valence-electron chi connectivity index (χ4n) is 8.39. The third-order valence-electron chi connectivity index (χ3n) is 11.4. The van der Waals surface area contributed by atoms with Gasteiger partial charge in [-0.25, -0.2) is 13.9 Å². The molecule has 2 N–H and O–H groups in total. The minimum atomic E-state index is -0.490. The lowest BCUT2D eigenvalue weighted by atomic mass is 9.85. The van der Waals surface area contributed by atoms with Crippen molar-refractivity contribution in [3.63, 3.8) is 0 Å². The Hall–Kier alpha value is -5.21. The molecule has 3 unspecified atom stereocenters. The van der Waals surface area contributed by atoms with Gasteiger partial charge in [-0.2, -0.15) is 5.10 Å². The minimum Gasteiger partial charge on any atom is -0.491 e. The number of amides is 2. The van der Waals surface area contributed by atoms with Crippen molar-refractivity contribution in [3.05, 3.63) is 89.5 Å². The van der Waals surface area contributed by atoms with Crippen molar-refractivity contribution in [2.24, 2.45) is 0 Å². The molecule has 2 fully saturated rings. The van der Waals surface area contributed by atoms with E-state index in [1.807, 2.05) is 67.8 Å². The zero-order valence-corrected chi connectivity index (χ0v) is 34.1. The maximum absolute atomic E-state index is 15.1. The number of carbonyl (C=O) groups is 1. The lowest BCUT2D eigenvalue weighted by Crippen LogP contribution is -2.44. The number of rotatable bonds is 11. The topological polar surface area (TPSA) is 129 Å². The van der Waals surface area contributed by atoms with Crippen LogP contribution in [0.25, 0.3) is 11.3 Å². The van der Waals surface area contributed by atoms with Gasteiger partial charge in [0.1, 0.15) is 35.8 Å². The van der Waals surface area contributed by atoms with E-state index in [9.17, 15) is 4.79 Å². The highest BCUT2D eigenvalue weighted by molar-refractivity contribution is 5.89. The van der Waals surface area contributed by atoms with Crippen LogP contribution < -0.4 is 25.0 Å². The Bertz CT molecular complexity index is 2200. The summed E-state index contributed by atoms with van der Waals surface area (Å²) >= 11 is 0. The fourth-order valence-corrected chi connectivity index (χ4v) is 8.39. The summed E-state index contributed by atoms with van der Waals surface area (Å²) in [4.78, 5) is 16.2. The molecule has 0 spiro atoms. The molecule has 5 heterocycles. The number of urea groups is 1. The zero-order chi connectivity index (χ0) is 40.4. The summed E-state index contributed by atoms with van der Waals surface area (Å²) in [5, 5.41) is 20.1. The second-order valence-electron chi connectivity index (χ2n) is 16.8. The number of hydrogen-bond acceptors (Lipinski definition) is 9. The number of piperidine rings is 1. The van der Waals surface area contributed by atoms with Crippen LogP contribution in [0.3, 0.4) is 0 Å². The Morgan fingerprint density at radius 3 is 2.48 bits per heavy atom. The molecule has 1 aliphatic carbocycles. The molecule has 13 nitrogen and oxygen atoms in total. The highest BCUT2D eigenvalue weighted by atomic mass is 19.1. The molecule has 2 aromatic carbocycles. The van der Waals surface area contributed by atoms with Crippen molar-refractivity contribution >= 4 is 23.4 Å². The normalized spacial score (nSPS) is 22.4. The lowest BCUT2D eigenvalue weighted by Gasteiger charge is -2.39.